The van der Waals surface area contributed by atoms with E-state index in [2.05, 4.69) is 0 Å². The molecule has 0 aliphatic carbocycles. The molecule has 0 atom stereocenters. The van der Waals surface area contributed by atoms with Crippen LogP contribution in [0.4, 0.5) is 0 Å². The van der Waals surface area contributed by atoms with Crippen LogP contribution in [-0.4, -0.2) is 32.4 Å². The molecular formula is C19H20Cl2O4. The molecule has 0 spiro atoms. The lowest BCUT2D eigenvalue weighted by atomic mass is 10.0. The Labute approximate surface area is 157 Å². The van der Waals surface area contributed by atoms with Gasteiger partial charge in [0.15, 0.2) is 0 Å². The SMILES string of the molecule is CCOCCOC(=O)COC(c1ccc(Cl)cc1)c1ccc(Cl)cc1. The number of carbonyl (C=O) groups excluding carboxylic acids is 1. The molecule has 0 radical (unpaired) electrons. The second kappa shape index (κ2) is 10.4. The topological polar surface area (TPSA) is 44.8 Å². The van der Waals surface area contributed by atoms with Gasteiger partial charge in [0.05, 0.1) is 6.61 Å². The Morgan fingerprint density at radius 3 is 1.92 bits per heavy atom. The summed E-state index contributed by atoms with van der Waals surface area (Å²) < 4.78 is 16.0. The monoisotopic (exact) mass is 382 g/mol. The molecule has 0 unspecified atom stereocenters. The van der Waals surface area contributed by atoms with Gasteiger partial charge in [0.25, 0.3) is 0 Å². The van der Waals surface area contributed by atoms with Crippen molar-refractivity contribution in [2.45, 2.75) is 13.0 Å². The van der Waals surface area contributed by atoms with Crippen molar-refractivity contribution in [3.63, 3.8) is 0 Å². The molecule has 0 aliphatic rings. The number of benzene rings is 2. The van der Waals surface area contributed by atoms with Crippen LogP contribution in [0.3, 0.4) is 0 Å². The molecule has 0 amide bonds. The van der Waals surface area contributed by atoms with Crippen LogP contribution >= 0.6 is 23.2 Å². The predicted octanol–water partition coefficient (Wildman–Crippen LogP) is 4.68. The van der Waals surface area contributed by atoms with Crippen LogP contribution in [0.15, 0.2) is 48.5 Å². The fraction of sp³-hybridized carbons (Fsp3) is 0.316. The van der Waals surface area contributed by atoms with Crippen molar-refractivity contribution in [1.82, 2.24) is 0 Å². The number of hydrogen-bond donors (Lipinski definition) is 0. The summed E-state index contributed by atoms with van der Waals surface area (Å²) in [5, 5.41) is 1.27. The van der Waals surface area contributed by atoms with Gasteiger partial charge in [-0.25, -0.2) is 4.79 Å². The second-order valence-electron chi connectivity index (χ2n) is 5.21. The van der Waals surface area contributed by atoms with Gasteiger partial charge in [-0.2, -0.15) is 0 Å². The first-order chi connectivity index (χ1) is 12.1. The van der Waals surface area contributed by atoms with Gasteiger partial charge in [-0.1, -0.05) is 47.5 Å². The zero-order chi connectivity index (χ0) is 18.1. The summed E-state index contributed by atoms with van der Waals surface area (Å²) in [4.78, 5) is 11.8. The van der Waals surface area contributed by atoms with Gasteiger partial charge >= 0.3 is 5.97 Å². The summed E-state index contributed by atoms with van der Waals surface area (Å²) in [5.74, 6) is -0.437. The van der Waals surface area contributed by atoms with Gasteiger partial charge in [0, 0.05) is 16.7 Å². The Morgan fingerprint density at radius 2 is 1.44 bits per heavy atom. The lowest BCUT2D eigenvalue weighted by Crippen LogP contribution is -2.18. The molecule has 0 heterocycles. The molecule has 0 saturated heterocycles. The quantitative estimate of drug-likeness (QED) is 0.466. The van der Waals surface area contributed by atoms with Crippen molar-refractivity contribution in [3.05, 3.63) is 69.7 Å². The zero-order valence-corrected chi connectivity index (χ0v) is 15.4. The Bertz CT molecular complexity index is 611. The molecule has 2 aromatic carbocycles. The summed E-state index contributed by atoms with van der Waals surface area (Å²) in [5.41, 5.74) is 1.77. The van der Waals surface area contributed by atoms with Crippen molar-refractivity contribution >= 4 is 29.2 Å². The van der Waals surface area contributed by atoms with E-state index in [9.17, 15) is 4.79 Å². The van der Waals surface area contributed by atoms with Crippen LogP contribution in [0, 0.1) is 0 Å². The maximum atomic E-state index is 11.8. The second-order valence-corrected chi connectivity index (χ2v) is 6.08. The molecule has 134 valence electrons. The van der Waals surface area contributed by atoms with Crippen LogP contribution in [0.1, 0.15) is 24.2 Å². The van der Waals surface area contributed by atoms with E-state index in [0.717, 1.165) is 11.1 Å². The number of hydrogen-bond acceptors (Lipinski definition) is 4. The van der Waals surface area contributed by atoms with E-state index in [1.54, 1.807) is 24.3 Å². The third kappa shape index (κ3) is 6.67. The molecular weight excluding hydrogens is 363 g/mol. The molecule has 0 aliphatic heterocycles. The Morgan fingerprint density at radius 1 is 0.920 bits per heavy atom. The fourth-order valence-corrected chi connectivity index (χ4v) is 2.46. The molecule has 0 N–H and O–H groups in total. The molecule has 2 rings (SSSR count). The predicted molar refractivity (Wildman–Crippen MR) is 98.2 cm³/mol. The van der Waals surface area contributed by atoms with E-state index < -0.39 is 12.1 Å². The molecule has 0 fully saturated rings. The van der Waals surface area contributed by atoms with E-state index in [-0.39, 0.29) is 13.2 Å². The van der Waals surface area contributed by atoms with Crippen molar-refractivity contribution in [2.75, 3.05) is 26.4 Å². The number of carbonyl (C=O) groups is 1. The van der Waals surface area contributed by atoms with Crippen LogP contribution in [0.25, 0.3) is 0 Å². The van der Waals surface area contributed by atoms with E-state index >= 15 is 0 Å². The van der Waals surface area contributed by atoms with Gasteiger partial charge in [-0.3, -0.25) is 0 Å². The minimum atomic E-state index is -0.437. The minimum Gasteiger partial charge on any atom is -0.462 e. The summed E-state index contributed by atoms with van der Waals surface area (Å²) >= 11 is 11.9. The van der Waals surface area contributed by atoms with Crippen LogP contribution < -0.4 is 0 Å². The molecule has 4 nitrogen and oxygen atoms in total. The average Bonchev–Trinajstić information content (AvgIpc) is 2.62. The lowest BCUT2D eigenvalue weighted by Gasteiger charge is -2.19. The molecule has 6 heteroatoms. The summed E-state index contributed by atoms with van der Waals surface area (Å²) in [6, 6.07) is 14.6. The third-order valence-corrected chi connectivity index (χ3v) is 3.91. The van der Waals surface area contributed by atoms with Crippen molar-refractivity contribution in [3.8, 4) is 0 Å². The number of esters is 1. The van der Waals surface area contributed by atoms with Crippen LogP contribution in [-0.2, 0) is 19.0 Å². The van der Waals surface area contributed by atoms with Gasteiger partial charge in [0.2, 0.25) is 0 Å². The maximum Gasteiger partial charge on any atom is 0.332 e. The number of halogens is 2. The standard InChI is InChI=1S/C19H20Cl2O4/c1-2-23-11-12-24-18(22)13-25-19(14-3-7-16(20)8-4-14)15-5-9-17(21)10-6-15/h3-10,19H,2,11-13H2,1H3. The maximum absolute atomic E-state index is 11.8. The highest BCUT2D eigenvalue weighted by atomic mass is 35.5. The Balaban J connectivity index is 2.03. The van der Waals surface area contributed by atoms with Gasteiger partial charge < -0.3 is 14.2 Å². The van der Waals surface area contributed by atoms with Gasteiger partial charge in [-0.15, -0.1) is 0 Å². The van der Waals surface area contributed by atoms with Gasteiger partial charge in [-0.05, 0) is 42.3 Å². The first-order valence-corrected chi connectivity index (χ1v) is 8.71. The number of rotatable bonds is 9. The third-order valence-electron chi connectivity index (χ3n) is 3.41. The molecule has 0 saturated carbocycles. The largest absolute Gasteiger partial charge is 0.462 e. The average molecular weight is 383 g/mol. The highest BCUT2D eigenvalue weighted by Crippen LogP contribution is 2.28. The normalized spacial score (nSPS) is 10.9. The van der Waals surface area contributed by atoms with E-state index in [1.165, 1.54) is 0 Å². The summed E-state index contributed by atoms with van der Waals surface area (Å²) in [6.45, 7) is 2.89. The minimum absolute atomic E-state index is 0.165. The van der Waals surface area contributed by atoms with E-state index in [1.807, 2.05) is 31.2 Å². The molecule has 0 bridgehead atoms. The van der Waals surface area contributed by atoms with Crippen molar-refractivity contribution in [1.29, 1.82) is 0 Å². The Hall–Kier alpha value is -1.59. The van der Waals surface area contributed by atoms with Crippen LogP contribution in [0.5, 0.6) is 0 Å². The van der Waals surface area contributed by atoms with E-state index in [4.69, 9.17) is 37.4 Å². The first-order valence-electron chi connectivity index (χ1n) is 7.96. The zero-order valence-electron chi connectivity index (χ0n) is 13.9. The van der Waals surface area contributed by atoms with Gasteiger partial charge in [0.1, 0.15) is 19.3 Å². The van der Waals surface area contributed by atoms with Crippen molar-refractivity contribution < 1.29 is 19.0 Å². The molecule has 0 aromatic heterocycles. The first kappa shape index (κ1) is 19.7. The summed E-state index contributed by atoms with van der Waals surface area (Å²) in [6.07, 6.45) is -0.422. The fourth-order valence-electron chi connectivity index (χ4n) is 2.21. The number of ether oxygens (including phenoxy) is 3. The highest BCUT2D eigenvalue weighted by molar-refractivity contribution is 6.30. The Kier molecular flexibility index (Phi) is 8.22. The van der Waals surface area contributed by atoms with Crippen molar-refractivity contribution in [2.24, 2.45) is 0 Å². The summed E-state index contributed by atoms with van der Waals surface area (Å²) in [7, 11) is 0. The van der Waals surface area contributed by atoms with Crippen LogP contribution in [0.2, 0.25) is 10.0 Å². The van der Waals surface area contributed by atoms with E-state index in [0.29, 0.717) is 23.3 Å². The molecule has 25 heavy (non-hydrogen) atoms. The lowest BCUT2D eigenvalue weighted by molar-refractivity contribution is -0.151. The highest BCUT2D eigenvalue weighted by Gasteiger charge is 2.17. The smallest absolute Gasteiger partial charge is 0.332 e. The molecule has 2 aromatic rings.